The van der Waals surface area contributed by atoms with Crippen molar-refractivity contribution in [3.05, 3.63) is 28.2 Å². The molecule has 1 N–H and O–H groups in total. The molecule has 0 heterocycles. The van der Waals surface area contributed by atoms with E-state index >= 15 is 0 Å². The van der Waals surface area contributed by atoms with Gasteiger partial charge in [-0.25, -0.2) is 0 Å². The fourth-order valence-corrected chi connectivity index (χ4v) is 2.76. The highest BCUT2D eigenvalue weighted by molar-refractivity contribution is 9.10. The van der Waals surface area contributed by atoms with E-state index in [1.807, 2.05) is 6.07 Å². The lowest BCUT2D eigenvalue weighted by atomic mass is 9.84. The minimum absolute atomic E-state index is 0.0419. The van der Waals surface area contributed by atoms with Gasteiger partial charge in [0.05, 0.1) is 12.7 Å². The summed E-state index contributed by atoms with van der Waals surface area (Å²) in [4.78, 5) is 12.3. The smallest absolute Gasteiger partial charge is 0.255 e. The molecule has 1 aromatic rings. The number of ether oxygens (including phenoxy) is 1. The molecular weight excluding hydrogens is 342 g/mol. The van der Waals surface area contributed by atoms with Crippen LogP contribution in [0.5, 0.6) is 5.75 Å². The molecule has 0 unspecified atom stereocenters. The topological polar surface area (TPSA) is 38.3 Å². The molecule has 0 atom stereocenters. The van der Waals surface area contributed by atoms with Crippen molar-refractivity contribution in [3.63, 3.8) is 0 Å². The molecule has 112 valence electrons. The van der Waals surface area contributed by atoms with Crippen molar-refractivity contribution in [3.8, 4) is 5.75 Å². The van der Waals surface area contributed by atoms with Crippen LogP contribution in [-0.4, -0.2) is 25.4 Å². The lowest BCUT2D eigenvalue weighted by Crippen LogP contribution is -2.38. The second-order valence-electron chi connectivity index (χ2n) is 4.87. The highest BCUT2D eigenvalue weighted by Gasteiger charge is 2.26. The SMILES string of the molecule is CCC(CC)(CCl)CNC(=O)c1ccc(Br)cc1OC. The van der Waals surface area contributed by atoms with E-state index in [0.717, 1.165) is 17.3 Å². The molecule has 0 fully saturated rings. The van der Waals surface area contributed by atoms with E-state index in [9.17, 15) is 4.79 Å². The summed E-state index contributed by atoms with van der Waals surface area (Å²) in [5, 5.41) is 2.97. The van der Waals surface area contributed by atoms with Gasteiger partial charge in [-0.2, -0.15) is 0 Å². The number of hydrogen-bond acceptors (Lipinski definition) is 2. The van der Waals surface area contributed by atoms with Gasteiger partial charge in [0.1, 0.15) is 5.75 Å². The molecule has 0 bridgehead atoms. The van der Waals surface area contributed by atoms with Crippen LogP contribution < -0.4 is 10.1 Å². The predicted molar refractivity (Wildman–Crippen MR) is 86.8 cm³/mol. The Hall–Kier alpha value is -0.740. The maximum atomic E-state index is 12.3. The van der Waals surface area contributed by atoms with Gasteiger partial charge in [0.2, 0.25) is 0 Å². The summed E-state index contributed by atoms with van der Waals surface area (Å²) in [6.07, 6.45) is 1.87. The van der Waals surface area contributed by atoms with E-state index in [2.05, 4.69) is 35.1 Å². The van der Waals surface area contributed by atoms with Crippen molar-refractivity contribution in [2.75, 3.05) is 19.5 Å². The molecule has 1 aromatic carbocycles. The summed E-state index contributed by atoms with van der Waals surface area (Å²) in [7, 11) is 1.56. The largest absolute Gasteiger partial charge is 0.496 e. The molecular formula is C15H21BrClNO2. The van der Waals surface area contributed by atoms with E-state index in [0.29, 0.717) is 23.7 Å². The minimum atomic E-state index is -0.134. The summed E-state index contributed by atoms with van der Waals surface area (Å²) in [6, 6.07) is 5.35. The molecule has 1 rings (SSSR count). The summed E-state index contributed by atoms with van der Waals surface area (Å²) in [5.74, 6) is 0.963. The van der Waals surface area contributed by atoms with Crippen LogP contribution in [0.15, 0.2) is 22.7 Å². The first-order valence-corrected chi connectivity index (χ1v) is 8.02. The quantitative estimate of drug-likeness (QED) is 0.737. The Labute approximate surface area is 134 Å². The second-order valence-corrected chi connectivity index (χ2v) is 6.05. The average Bonchev–Trinajstić information content (AvgIpc) is 2.48. The Morgan fingerprint density at radius 2 is 2.05 bits per heavy atom. The molecule has 20 heavy (non-hydrogen) atoms. The van der Waals surface area contributed by atoms with Crippen LogP contribution in [0, 0.1) is 5.41 Å². The molecule has 0 aliphatic carbocycles. The summed E-state index contributed by atoms with van der Waals surface area (Å²) < 4.78 is 6.12. The maximum Gasteiger partial charge on any atom is 0.255 e. The van der Waals surface area contributed by atoms with Crippen molar-refractivity contribution in [1.82, 2.24) is 5.32 Å². The number of alkyl halides is 1. The first-order valence-electron chi connectivity index (χ1n) is 6.69. The van der Waals surface area contributed by atoms with Crippen LogP contribution >= 0.6 is 27.5 Å². The monoisotopic (exact) mass is 361 g/mol. The number of halogens is 2. The fraction of sp³-hybridized carbons (Fsp3) is 0.533. The number of hydrogen-bond donors (Lipinski definition) is 1. The van der Waals surface area contributed by atoms with Gasteiger partial charge in [-0.1, -0.05) is 29.8 Å². The first kappa shape index (κ1) is 17.3. The summed E-state index contributed by atoms with van der Waals surface area (Å²) >= 11 is 9.41. The Bertz CT molecular complexity index is 453. The molecule has 0 saturated heterocycles. The fourth-order valence-electron chi connectivity index (χ4n) is 1.95. The average molecular weight is 363 g/mol. The molecule has 3 nitrogen and oxygen atoms in total. The van der Waals surface area contributed by atoms with Gasteiger partial charge in [0, 0.05) is 22.3 Å². The van der Waals surface area contributed by atoms with E-state index in [4.69, 9.17) is 16.3 Å². The van der Waals surface area contributed by atoms with Crippen LogP contribution in [0.1, 0.15) is 37.0 Å². The maximum absolute atomic E-state index is 12.3. The predicted octanol–water partition coefficient (Wildman–Crippen LogP) is 4.23. The molecule has 0 aliphatic rings. The number of methoxy groups -OCH3 is 1. The number of nitrogens with one attached hydrogen (secondary N) is 1. The zero-order valence-electron chi connectivity index (χ0n) is 12.1. The van der Waals surface area contributed by atoms with Crippen molar-refractivity contribution in [2.24, 2.45) is 5.41 Å². The molecule has 0 saturated carbocycles. The van der Waals surface area contributed by atoms with Gasteiger partial charge in [0.15, 0.2) is 0 Å². The van der Waals surface area contributed by atoms with Crippen molar-refractivity contribution in [1.29, 1.82) is 0 Å². The van der Waals surface area contributed by atoms with Crippen molar-refractivity contribution in [2.45, 2.75) is 26.7 Å². The first-order chi connectivity index (χ1) is 9.51. The third-order valence-corrected chi connectivity index (χ3v) is 4.88. The summed E-state index contributed by atoms with van der Waals surface area (Å²) in [5.41, 5.74) is 0.492. The van der Waals surface area contributed by atoms with Gasteiger partial charge in [0.25, 0.3) is 5.91 Å². The Kier molecular flexibility index (Phi) is 6.83. The zero-order chi connectivity index (χ0) is 15.2. The molecule has 0 spiro atoms. The Balaban J connectivity index is 2.82. The van der Waals surface area contributed by atoms with Crippen LogP contribution in [0.4, 0.5) is 0 Å². The third-order valence-electron chi connectivity index (χ3n) is 3.82. The number of carbonyl (C=O) groups excluding carboxylic acids is 1. The Morgan fingerprint density at radius 1 is 1.40 bits per heavy atom. The van der Waals surface area contributed by atoms with E-state index in [1.165, 1.54) is 0 Å². The zero-order valence-corrected chi connectivity index (χ0v) is 14.5. The van der Waals surface area contributed by atoms with E-state index < -0.39 is 0 Å². The standard InChI is InChI=1S/C15H21BrClNO2/c1-4-15(5-2,9-17)10-18-14(19)12-7-6-11(16)8-13(12)20-3/h6-8H,4-5,9-10H2,1-3H3,(H,18,19). The minimum Gasteiger partial charge on any atom is -0.496 e. The van der Waals surface area contributed by atoms with Gasteiger partial charge in [-0.05, 0) is 31.0 Å². The number of rotatable bonds is 7. The lowest BCUT2D eigenvalue weighted by Gasteiger charge is -2.29. The highest BCUT2D eigenvalue weighted by Crippen LogP contribution is 2.28. The van der Waals surface area contributed by atoms with Crippen LogP contribution in [0.25, 0.3) is 0 Å². The molecule has 1 amide bonds. The molecule has 0 aliphatic heterocycles. The van der Waals surface area contributed by atoms with Crippen molar-refractivity contribution < 1.29 is 9.53 Å². The van der Waals surface area contributed by atoms with Crippen molar-refractivity contribution >= 4 is 33.4 Å². The van der Waals surface area contributed by atoms with E-state index in [-0.39, 0.29) is 11.3 Å². The second kappa shape index (κ2) is 7.89. The number of amides is 1. The third kappa shape index (κ3) is 4.13. The molecule has 0 aromatic heterocycles. The lowest BCUT2D eigenvalue weighted by molar-refractivity contribution is 0.0928. The van der Waals surface area contributed by atoms with Crippen LogP contribution in [-0.2, 0) is 0 Å². The van der Waals surface area contributed by atoms with Gasteiger partial charge in [-0.3, -0.25) is 4.79 Å². The Morgan fingerprint density at radius 3 is 2.55 bits per heavy atom. The van der Waals surface area contributed by atoms with Crippen LogP contribution in [0.2, 0.25) is 0 Å². The van der Waals surface area contributed by atoms with E-state index in [1.54, 1.807) is 19.2 Å². The highest BCUT2D eigenvalue weighted by atomic mass is 79.9. The molecule has 0 radical (unpaired) electrons. The van der Waals surface area contributed by atoms with Crippen LogP contribution in [0.3, 0.4) is 0 Å². The molecule has 5 heteroatoms. The van der Waals surface area contributed by atoms with Gasteiger partial charge < -0.3 is 10.1 Å². The summed E-state index contributed by atoms with van der Waals surface area (Å²) in [6.45, 7) is 4.76. The normalized spacial score (nSPS) is 11.2. The number of benzene rings is 1. The van der Waals surface area contributed by atoms with Gasteiger partial charge >= 0.3 is 0 Å². The van der Waals surface area contributed by atoms with Gasteiger partial charge in [-0.15, -0.1) is 11.6 Å². The number of carbonyl (C=O) groups is 1.